The number of fused-ring (bicyclic) bond motifs is 3. The van der Waals surface area contributed by atoms with Crippen molar-refractivity contribution in [3.8, 4) is 0 Å². The third-order valence-corrected chi connectivity index (χ3v) is 3.92. The molecule has 23 heavy (non-hydrogen) atoms. The predicted octanol–water partition coefficient (Wildman–Crippen LogP) is 2.57. The molecular formula is C17H15NO5. The van der Waals surface area contributed by atoms with E-state index in [0.29, 0.717) is 29.3 Å². The number of hydrogen-bond acceptors (Lipinski definition) is 3. The van der Waals surface area contributed by atoms with Crippen LogP contribution in [0.15, 0.2) is 36.4 Å². The van der Waals surface area contributed by atoms with Crippen LogP contribution < -0.4 is 0 Å². The van der Waals surface area contributed by atoms with E-state index >= 15 is 0 Å². The van der Waals surface area contributed by atoms with Crippen LogP contribution in [0.3, 0.4) is 0 Å². The largest absolute Gasteiger partial charge is 0.478 e. The van der Waals surface area contributed by atoms with Crippen LogP contribution in [-0.4, -0.2) is 38.4 Å². The van der Waals surface area contributed by atoms with Gasteiger partial charge in [-0.25, -0.2) is 9.59 Å². The molecule has 0 atom stereocenters. The first kappa shape index (κ1) is 15.1. The first-order valence-corrected chi connectivity index (χ1v) is 7.17. The summed E-state index contributed by atoms with van der Waals surface area (Å²) in [6.07, 6.45) is 0.525. The van der Waals surface area contributed by atoms with Crippen molar-refractivity contribution in [1.82, 2.24) is 4.57 Å². The Morgan fingerprint density at radius 2 is 1.70 bits per heavy atom. The molecule has 118 valence electrons. The van der Waals surface area contributed by atoms with Crippen molar-refractivity contribution in [1.29, 1.82) is 0 Å². The van der Waals surface area contributed by atoms with Gasteiger partial charge in [0.25, 0.3) is 0 Å². The van der Waals surface area contributed by atoms with Gasteiger partial charge in [0.15, 0.2) is 0 Å². The van der Waals surface area contributed by atoms with Gasteiger partial charge in [-0.2, -0.15) is 0 Å². The Balaban J connectivity index is 2.48. The molecule has 0 saturated heterocycles. The van der Waals surface area contributed by atoms with Gasteiger partial charge < -0.3 is 19.9 Å². The van der Waals surface area contributed by atoms with Crippen LogP contribution in [0, 0.1) is 0 Å². The summed E-state index contributed by atoms with van der Waals surface area (Å²) in [5.41, 5.74) is 1.05. The minimum Gasteiger partial charge on any atom is -0.478 e. The number of aromatic nitrogens is 1. The third-order valence-electron chi connectivity index (χ3n) is 3.92. The van der Waals surface area contributed by atoms with E-state index in [-0.39, 0.29) is 17.7 Å². The third kappa shape index (κ3) is 2.33. The average molecular weight is 313 g/mol. The number of carboxylic acids is 2. The topological polar surface area (TPSA) is 99.8 Å². The van der Waals surface area contributed by atoms with Gasteiger partial charge in [0.05, 0.1) is 16.6 Å². The monoisotopic (exact) mass is 313 g/mol. The number of aromatic carboxylic acids is 2. The van der Waals surface area contributed by atoms with E-state index in [2.05, 4.69) is 0 Å². The highest BCUT2D eigenvalue weighted by Crippen LogP contribution is 2.33. The Labute approximate surface area is 131 Å². The number of aliphatic hydroxyl groups is 1. The Hall–Kier alpha value is -2.86. The fourth-order valence-corrected chi connectivity index (χ4v) is 3.01. The highest BCUT2D eigenvalue weighted by molar-refractivity contribution is 6.20. The number of carbonyl (C=O) groups is 2. The molecule has 0 bridgehead atoms. The molecule has 0 aliphatic heterocycles. The molecule has 0 aliphatic rings. The van der Waals surface area contributed by atoms with Crippen molar-refractivity contribution < 1.29 is 24.9 Å². The fraction of sp³-hybridized carbons (Fsp3) is 0.176. The van der Waals surface area contributed by atoms with Crippen LogP contribution in [-0.2, 0) is 6.54 Å². The standard InChI is InChI=1S/C17H15NO5/c19-9-3-8-18-12-5-2-1-4-10(12)14-13(18)7-6-11(16(20)21)15(14)17(22)23/h1-2,4-7,19H,3,8-9H2,(H,20,21)(H,22,23). The van der Waals surface area contributed by atoms with Gasteiger partial charge in [-0.3, -0.25) is 0 Å². The highest BCUT2D eigenvalue weighted by atomic mass is 16.4. The summed E-state index contributed by atoms with van der Waals surface area (Å²) in [6, 6.07) is 10.2. The average Bonchev–Trinajstić information content (AvgIpc) is 2.85. The summed E-state index contributed by atoms with van der Waals surface area (Å²) in [7, 11) is 0. The van der Waals surface area contributed by atoms with Crippen LogP contribution >= 0.6 is 0 Å². The van der Waals surface area contributed by atoms with E-state index in [1.807, 2.05) is 16.7 Å². The molecule has 0 unspecified atom stereocenters. The van der Waals surface area contributed by atoms with Crippen LogP contribution in [0.1, 0.15) is 27.1 Å². The molecule has 0 saturated carbocycles. The Morgan fingerprint density at radius 1 is 0.957 bits per heavy atom. The van der Waals surface area contributed by atoms with Crippen molar-refractivity contribution >= 4 is 33.7 Å². The van der Waals surface area contributed by atoms with Crippen LogP contribution in [0.25, 0.3) is 21.8 Å². The van der Waals surface area contributed by atoms with E-state index in [0.717, 1.165) is 5.52 Å². The smallest absolute Gasteiger partial charge is 0.337 e. The van der Waals surface area contributed by atoms with Gasteiger partial charge in [0.1, 0.15) is 0 Å². The molecule has 3 N–H and O–H groups in total. The van der Waals surface area contributed by atoms with E-state index in [1.165, 1.54) is 6.07 Å². The van der Waals surface area contributed by atoms with Crippen LogP contribution in [0.4, 0.5) is 0 Å². The van der Waals surface area contributed by atoms with E-state index in [4.69, 9.17) is 5.11 Å². The second kappa shape index (κ2) is 5.73. The zero-order chi connectivity index (χ0) is 16.6. The maximum atomic E-state index is 11.7. The van der Waals surface area contributed by atoms with Crippen molar-refractivity contribution in [2.24, 2.45) is 0 Å². The molecule has 1 aromatic heterocycles. The molecule has 0 spiro atoms. The maximum absolute atomic E-state index is 11.7. The molecule has 2 aromatic carbocycles. The van der Waals surface area contributed by atoms with Crippen molar-refractivity contribution in [3.63, 3.8) is 0 Å². The summed E-state index contributed by atoms with van der Waals surface area (Å²) in [4.78, 5) is 23.1. The number of aryl methyl sites for hydroxylation is 1. The molecule has 6 heteroatoms. The SMILES string of the molecule is O=C(O)c1ccc2c(c1C(=O)O)c1ccccc1n2CCCO. The zero-order valence-corrected chi connectivity index (χ0v) is 12.2. The van der Waals surface area contributed by atoms with E-state index in [1.54, 1.807) is 18.2 Å². The quantitative estimate of drug-likeness (QED) is 0.672. The summed E-state index contributed by atoms with van der Waals surface area (Å²) in [5, 5.41) is 29.0. The fourth-order valence-electron chi connectivity index (χ4n) is 3.01. The predicted molar refractivity (Wildman–Crippen MR) is 85.1 cm³/mol. The van der Waals surface area contributed by atoms with E-state index < -0.39 is 11.9 Å². The molecule has 3 aromatic rings. The number of carboxylic acid groups (broad SMARTS) is 2. The van der Waals surface area contributed by atoms with Gasteiger partial charge in [0, 0.05) is 29.4 Å². The lowest BCUT2D eigenvalue weighted by atomic mass is 10.0. The van der Waals surface area contributed by atoms with Gasteiger partial charge in [-0.05, 0) is 24.6 Å². The Bertz CT molecular complexity index is 926. The lowest BCUT2D eigenvalue weighted by Gasteiger charge is -2.07. The molecule has 0 fully saturated rings. The summed E-state index contributed by atoms with van der Waals surface area (Å²) < 4.78 is 1.92. The number of rotatable bonds is 5. The van der Waals surface area contributed by atoms with Crippen molar-refractivity contribution in [2.45, 2.75) is 13.0 Å². The van der Waals surface area contributed by atoms with Crippen LogP contribution in [0.5, 0.6) is 0 Å². The minimum absolute atomic E-state index is 0.0208. The normalized spacial score (nSPS) is 11.2. The number of hydrogen-bond donors (Lipinski definition) is 3. The second-order valence-electron chi connectivity index (χ2n) is 5.24. The van der Waals surface area contributed by atoms with Gasteiger partial charge in [-0.1, -0.05) is 18.2 Å². The van der Waals surface area contributed by atoms with Crippen molar-refractivity contribution in [2.75, 3.05) is 6.61 Å². The molecule has 6 nitrogen and oxygen atoms in total. The lowest BCUT2D eigenvalue weighted by Crippen LogP contribution is -2.09. The van der Waals surface area contributed by atoms with Gasteiger partial charge in [-0.15, -0.1) is 0 Å². The van der Waals surface area contributed by atoms with E-state index in [9.17, 15) is 19.8 Å². The minimum atomic E-state index is -1.27. The zero-order valence-electron chi connectivity index (χ0n) is 12.2. The molecule has 0 amide bonds. The molecule has 3 rings (SSSR count). The Kier molecular flexibility index (Phi) is 3.75. The number of benzene rings is 2. The molecule has 0 aliphatic carbocycles. The maximum Gasteiger partial charge on any atom is 0.337 e. The first-order chi connectivity index (χ1) is 11.1. The first-order valence-electron chi connectivity index (χ1n) is 7.17. The van der Waals surface area contributed by atoms with Crippen LogP contribution in [0.2, 0.25) is 0 Å². The summed E-state index contributed by atoms with van der Waals surface area (Å²) >= 11 is 0. The molecule has 0 radical (unpaired) electrons. The Morgan fingerprint density at radius 3 is 2.35 bits per heavy atom. The van der Waals surface area contributed by atoms with Gasteiger partial charge in [0.2, 0.25) is 0 Å². The number of para-hydroxylation sites is 1. The number of aliphatic hydroxyl groups excluding tert-OH is 1. The lowest BCUT2D eigenvalue weighted by molar-refractivity contribution is 0.0653. The molecule has 1 heterocycles. The van der Waals surface area contributed by atoms with Gasteiger partial charge >= 0.3 is 11.9 Å². The summed E-state index contributed by atoms with van der Waals surface area (Å²) in [6.45, 7) is 0.541. The highest BCUT2D eigenvalue weighted by Gasteiger charge is 2.23. The second-order valence-corrected chi connectivity index (χ2v) is 5.24. The van der Waals surface area contributed by atoms with Crippen molar-refractivity contribution in [3.05, 3.63) is 47.5 Å². The summed E-state index contributed by atoms with van der Waals surface area (Å²) in [5.74, 6) is -2.53. The molecular weight excluding hydrogens is 298 g/mol. The number of nitrogens with zero attached hydrogens (tertiary/aromatic N) is 1.